The number of benzene rings is 1. The molecule has 0 bridgehead atoms. The van der Waals surface area contributed by atoms with Crippen LogP contribution in [0.1, 0.15) is 44.2 Å². The van der Waals surface area contributed by atoms with Crippen LogP contribution in [0.15, 0.2) is 24.3 Å². The highest BCUT2D eigenvalue weighted by molar-refractivity contribution is 5.33. The van der Waals surface area contributed by atoms with Crippen LogP contribution in [0.3, 0.4) is 0 Å². The lowest BCUT2D eigenvalue weighted by Crippen LogP contribution is -2.41. The van der Waals surface area contributed by atoms with Crippen LogP contribution in [0.5, 0.6) is 0 Å². The second kappa shape index (κ2) is 4.41. The Bertz CT molecular complexity index is 383. The smallest absolute Gasteiger partial charge is 0.109 e. The van der Waals surface area contributed by atoms with Crippen molar-refractivity contribution < 1.29 is 4.39 Å². The molecule has 2 rings (SSSR count). The molecule has 2 heteroatoms. The van der Waals surface area contributed by atoms with Gasteiger partial charge in [0.05, 0.1) is 0 Å². The van der Waals surface area contributed by atoms with Crippen LogP contribution in [0.25, 0.3) is 0 Å². The van der Waals surface area contributed by atoms with Gasteiger partial charge in [-0.25, -0.2) is 4.39 Å². The van der Waals surface area contributed by atoms with Gasteiger partial charge in [0.15, 0.2) is 0 Å². The minimum atomic E-state index is -1.14. The summed E-state index contributed by atoms with van der Waals surface area (Å²) >= 11 is 0. The first-order chi connectivity index (χ1) is 7.95. The van der Waals surface area contributed by atoms with Crippen LogP contribution in [0, 0.1) is 0 Å². The van der Waals surface area contributed by atoms with E-state index in [2.05, 4.69) is 12.1 Å². The number of halogens is 1. The summed E-state index contributed by atoms with van der Waals surface area (Å²) in [6.07, 6.45) is 4.08. The molecule has 1 aliphatic rings. The molecule has 1 aromatic rings. The summed E-state index contributed by atoms with van der Waals surface area (Å²) in [5, 5.41) is 0. The topological polar surface area (TPSA) is 26.0 Å². The molecule has 0 saturated heterocycles. The maximum absolute atomic E-state index is 13.7. The quantitative estimate of drug-likeness (QED) is 0.851. The zero-order valence-corrected chi connectivity index (χ0v) is 10.8. The van der Waals surface area contributed by atoms with Crippen LogP contribution < -0.4 is 5.73 Å². The molecule has 0 aliphatic heterocycles. The third-order valence-electron chi connectivity index (χ3n) is 3.87. The van der Waals surface area contributed by atoms with Crippen LogP contribution in [-0.2, 0) is 11.8 Å². The van der Waals surface area contributed by atoms with Crippen molar-refractivity contribution in [3.63, 3.8) is 0 Å². The predicted octanol–water partition coefficient (Wildman–Crippen LogP) is 3.36. The molecule has 94 valence electrons. The van der Waals surface area contributed by atoms with Gasteiger partial charge in [-0.1, -0.05) is 30.7 Å². The van der Waals surface area contributed by atoms with E-state index >= 15 is 0 Å². The molecule has 0 amide bonds. The van der Waals surface area contributed by atoms with Crippen molar-refractivity contribution >= 4 is 0 Å². The summed E-state index contributed by atoms with van der Waals surface area (Å²) in [6.45, 7) is 3.96. The molecular weight excluding hydrogens is 213 g/mol. The largest absolute Gasteiger partial charge is 0.330 e. The number of alkyl halides is 1. The second-order valence-electron chi connectivity index (χ2n) is 5.93. The lowest BCUT2D eigenvalue weighted by molar-refractivity contribution is 0.216. The Morgan fingerprint density at radius 1 is 1.35 bits per heavy atom. The van der Waals surface area contributed by atoms with E-state index in [0.29, 0.717) is 13.0 Å². The summed E-state index contributed by atoms with van der Waals surface area (Å²) in [6, 6.07) is 8.33. The normalized spacial score (nSPS) is 18.8. The van der Waals surface area contributed by atoms with Gasteiger partial charge in [0.2, 0.25) is 0 Å². The molecule has 1 fully saturated rings. The van der Waals surface area contributed by atoms with Crippen molar-refractivity contribution in [2.75, 3.05) is 6.54 Å². The number of hydrogen-bond donors (Lipinski definition) is 1. The Hall–Kier alpha value is -0.890. The van der Waals surface area contributed by atoms with Gasteiger partial charge in [0, 0.05) is 18.4 Å². The molecule has 0 radical (unpaired) electrons. The van der Waals surface area contributed by atoms with E-state index in [9.17, 15) is 4.39 Å². The first-order valence-electron chi connectivity index (χ1n) is 6.44. The molecule has 1 nitrogen and oxygen atoms in total. The molecule has 1 saturated carbocycles. The molecule has 0 spiro atoms. The Morgan fingerprint density at radius 3 is 2.53 bits per heavy atom. The maximum atomic E-state index is 13.7. The highest BCUT2D eigenvalue weighted by atomic mass is 19.1. The van der Waals surface area contributed by atoms with Gasteiger partial charge in [0.1, 0.15) is 5.67 Å². The molecule has 0 unspecified atom stereocenters. The summed E-state index contributed by atoms with van der Waals surface area (Å²) in [5.74, 6) is 0. The highest BCUT2D eigenvalue weighted by Gasteiger charge is 2.37. The van der Waals surface area contributed by atoms with E-state index in [1.54, 1.807) is 13.8 Å². The Balaban J connectivity index is 2.22. The standard InChI is InChI=1S/C15H22FN/c1-14(2,16)10-12-5-3-6-13(9-12)15(11-17)7-4-8-15/h3,5-6,9H,4,7-8,10-11,17H2,1-2H3. The van der Waals surface area contributed by atoms with Crippen molar-refractivity contribution in [2.24, 2.45) is 5.73 Å². The van der Waals surface area contributed by atoms with E-state index in [-0.39, 0.29) is 5.41 Å². The first-order valence-corrected chi connectivity index (χ1v) is 6.44. The third kappa shape index (κ3) is 2.68. The zero-order chi connectivity index (χ0) is 12.5. The molecule has 1 aliphatic carbocycles. The summed E-state index contributed by atoms with van der Waals surface area (Å²) in [5.41, 5.74) is 7.31. The predicted molar refractivity (Wildman–Crippen MR) is 69.9 cm³/mol. The molecule has 0 aromatic heterocycles. The van der Waals surface area contributed by atoms with Gasteiger partial charge in [-0.2, -0.15) is 0 Å². The Labute approximate surface area is 103 Å². The highest BCUT2D eigenvalue weighted by Crippen LogP contribution is 2.43. The number of rotatable bonds is 4. The van der Waals surface area contributed by atoms with E-state index in [1.807, 2.05) is 12.1 Å². The summed E-state index contributed by atoms with van der Waals surface area (Å²) in [4.78, 5) is 0. The average Bonchev–Trinajstić information content (AvgIpc) is 2.14. The zero-order valence-electron chi connectivity index (χ0n) is 10.8. The summed E-state index contributed by atoms with van der Waals surface area (Å²) < 4.78 is 13.7. The molecule has 1 aromatic carbocycles. The fourth-order valence-electron chi connectivity index (χ4n) is 2.71. The van der Waals surface area contributed by atoms with E-state index in [1.165, 1.54) is 24.8 Å². The van der Waals surface area contributed by atoms with Crippen molar-refractivity contribution in [1.82, 2.24) is 0 Å². The van der Waals surface area contributed by atoms with E-state index in [0.717, 1.165) is 5.56 Å². The second-order valence-corrected chi connectivity index (χ2v) is 5.93. The van der Waals surface area contributed by atoms with Crippen molar-refractivity contribution in [2.45, 2.75) is 50.6 Å². The van der Waals surface area contributed by atoms with Gasteiger partial charge in [-0.3, -0.25) is 0 Å². The Morgan fingerprint density at radius 2 is 2.06 bits per heavy atom. The third-order valence-corrected chi connectivity index (χ3v) is 3.87. The van der Waals surface area contributed by atoms with Crippen LogP contribution in [0.4, 0.5) is 4.39 Å². The van der Waals surface area contributed by atoms with Crippen LogP contribution in [-0.4, -0.2) is 12.2 Å². The van der Waals surface area contributed by atoms with Gasteiger partial charge < -0.3 is 5.73 Å². The minimum absolute atomic E-state index is 0.177. The maximum Gasteiger partial charge on any atom is 0.109 e. The van der Waals surface area contributed by atoms with Gasteiger partial charge >= 0.3 is 0 Å². The van der Waals surface area contributed by atoms with E-state index < -0.39 is 5.67 Å². The number of nitrogens with two attached hydrogens (primary N) is 1. The Kier molecular flexibility index (Phi) is 3.26. The van der Waals surface area contributed by atoms with Gasteiger partial charge in [-0.05, 0) is 37.8 Å². The van der Waals surface area contributed by atoms with Crippen LogP contribution >= 0.6 is 0 Å². The molecule has 2 N–H and O–H groups in total. The van der Waals surface area contributed by atoms with Gasteiger partial charge in [-0.15, -0.1) is 0 Å². The van der Waals surface area contributed by atoms with Crippen molar-refractivity contribution in [3.8, 4) is 0 Å². The minimum Gasteiger partial charge on any atom is -0.330 e. The lowest BCUT2D eigenvalue weighted by atomic mass is 9.64. The van der Waals surface area contributed by atoms with Crippen molar-refractivity contribution in [3.05, 3.63) is 35.4 Å². The van der Waals surface area contributed by atoms with E-state index in [4.69, 9.17) is 5.73 Å². The van der Waals surface area contributed by atoms with Crippen LogP contribution in [0.2, 0.25) is 0 Å². The fraction of sp³-hybridized carbons (Fsp3) is 0.600. The molecule has 0 atom stereocenters. The lowest BCUT2D eigenvalue weighted by Gasteiger charge is -2.41. The first kappa shape index (κ1) is 12.6. The molecule has 17 heavy (non-hydrogen) atoms. The van der Waals surface area contributed by atoms with Crippen molar-refractivity contribution in [1.29, 1.82) is 0 Å². The fourth-order valence-corrected chi connectivity index (χ4v) is 2.71. The number of hydrogen-bond acceptors (Lipinski definition) is 1. The summed E-state index contributed by atoms with van der Waals surface area (Å²) in [7, 11) is 0. The molecule has 0 heterocycles. The molecular formula is C15H22FN. The van der Waals surface area contributed by atoms with Gasteiger partial charge in [0.25, 0.3) is 0 Å². The SMILES string of the molecule is CC(C)(F)Cc1cccc(C2(CN)CCC2)c1. The average molecular weight is 235 g/mol. The monoisotopic (exact) mass is 235 g/mol.